The first kappa shape index (κ1) is 20.2. The fourth-order valence-corrected chi connectivity index (χ4v) is 3.12. The Kier molecular flexibility index (Phi) is 6.03. The van der Waals surface area contributed by atoms with Crippen molar-refractivity contribution in [3.8, 4) is 10.8 Å². The average molecular weight is 414 g/mol. The Morgan fingerprint density at radius 3 is 2.28 bits per heavy atom. The lowest BCUT2D eigenvalue weighted by atomic mass is 10.1. The number of anilines is 2. The first-order valence-corrected chi connectivity index (χ1v) is 9.48. The van der Waals surface area contributed by atoms with Crippen LogP contribution in [0.2, 0.25) is 0 Å². The summed E-state index contributed by atoms with van der Waals surface area (Å²) in [5, 5.41) is 14.9. The Balaban J connectivity index is 1.78. The van der Waals surface area contributed by atoms with Crippen LogP contribution in [0.15, 0.2) is 40.1 Å². The quantitative estimate of drug-likeness (QED) is 0.590. The van der Waals surface area contributed by atoms with Gasteiger partial charge < -0.3 is 19.8 Å². The lowest BCUT2D eigenvalue weighted by molar-refractivity contribution is -0.115. The monoisotopic (exact) mass is 414 g/mol. The van der Waals surface area contributed by atoms with Crippen LogP contribution in [-0.2, 0) is 14.3 Å². The van der Waals surface area contributed by atoms with Crippen LogP contribution in [0.1, 0.15) is 43.1 Å². The molecule has 150 valence electrons. The number of nitrogens with zero attached hydrogens (tertiary/aromatic N) is 2. The maximum atomic E-state index is 12.6. The summed E-state index contributed by atoms with van der Waals surface area (Å²) >= 11 is 1.45. The van der Waals surface area contributed by atoms with Crippen LogP contribution in [-0.4, -0.2) is 28.0 Å². The second-order valence-electron chi connectivity index (χ2n) is 6.13. The van der Waals surface area contributed by atoms with Gasteiger partial charge in [0.1, 0.15) is 0 Å². The van der Waals surface area contributed by atoms with Crippen molar-refractivity contribution >= 4 is 40.5 Å². The molecule has 0 spiro atoms. The maximum Gasteiger partial charge on any atom is 0.339 e. The van der Waals surface area contributed by atoms with E-state index in [0.717, 1.165) is 4.88 Å². The van der Waals surface area contributed by atoms with E-state index in [1.165, 1.54) is 43.4 Å². The minimum absolute atomic E-state index is 0.143. The van der Waals surface area contributed by atoms with Crippen molar-refractivity contribution in [2.75, 3.05) is 10.6 Å². The maximum absolute atomic E-state index is 12.6. The van der Waals surface area contributed by atoms with Gasteiger partial charge in [-0.1, -0.05) is 6.07 Å². The van der Waals surface area contributed by atoms with Crippen LogP contribution in [0.3, 0.4) is 0 Å². The number of hydrogen-bond acceptors (Lipinski definition) is 8. The molecule has 0 bridgehead atoms. The highest BCUT2D eigenvalue weighted by atomic mass is 32.1. The third-order valence-electron chi connectivity index (χ3n) is 3.61. The summed E-state index contributed by atoms with van der Waals surface area (Å²) in [6.45, 7) is 4.29. The van der Waals surface area contributed by atoms with Crippen molar-refractivity contribution in [2.24, 2.45) is 0 Å². The molecule has 0 saturated carbocycles. The zero-order valence-electron chi connectivity index (χ0n) is 15.9. The number of amides is 2. The fraction of sp³-hybridized carbons (Fsp3) is 0.211. The van der Waals surface area contributed by atoms with Crippen molar-refractivity contribution in [1.29, 1.82) is 0 Å². The van der Waals surface area contributed by atoms with Gasteiger partial charge in [0.15, 0.2) is 6.10 Å². The number of hydrogen-bond donors (Lipinski definition) is 2. The number of nitrogens with one attached hydrogen (secondary N) is 2. The summed E-state index contributed by atoms with van der Waals surface area (Å²) in [7, 11) is 0. The lowest BCUT2D eigenvalue weighted by Crippen LogP contribution is -2.13. The molecule has 2 amide bonds. The Morgan fingerprint density at radius 2 is 1.72 bits per heavy atom. The van der Waals surface area contributed by atoms with E-state index in [9.17, 15) is 14.4 Å². The molecule has 2 heterocycles. The lowest BCUT2D eigenvalue weighted by Gasteiger charge is -2.12. The van der Waals surface area contributed by atoms with E-state index < -0.39 is 12.1 Å². The largest absolute Gasteiger partial charge is 0.449 e. The molecule has 10 heteroatoms. The molecular formula is C19H18N4O5S. The molecule has 3 rings (SSSR count). The molecule has 1 aromatic carbocycles. The number of carbonyl (C=O) groups excluding carboxylic acids is 3. The normalized spacial score (nSPS) is 11.6. The van der Waals surface area contributed by atoms with E-state index in [0.29, 0.717) is 17.3 Å². The second kappa shape index (κ2) is 8.65. The van der Waals surface area contributed by atoms with Gasteiger partial charge in [0.25, 0.3) is 11.8 Å². The molecule has 0 aliphatic rings. The zero-order valence-corrected chi connectivity index (χ0v) is 16.7. The molecule has 0 aliphatic heterocycles. The first-order chi connectivity index (χ1) is 13.8. The van der Waals surface area contributed by atoms with Crippen LogP contribution >= 0.6 is 11.3 Å². The summed E-state index contributed by atoms with van der Waals surface area (Å²) < 4.78 is 11.0. The molecule has 0 radical (unpaired) electrons. The van der Waals surface area contributed by atoms with Gasteiger partial charge in [0.05, 0.1) is 10.4 Å². The van der Waals surface area contributed by atoms with Crippen molar-refractivity contribution in [1.82, 2.24) is 10.2 Å². The molecule has 0 aliphatic carbocycles. The van der Waals surface area contributed by atoms with Crippen molar-refractivity contribution in [3.63, 3.8) is 0 Å². The van der Waals surface area contributed by atoms with Crippen molar-refractivity contribution < 1.29 is 23.5 Å². The summed E-state index contributed by atoms with van der Waals surface area (Å²) in [5.41, 5.74) is 0.840. The second-order valence-corrected chi connectivity index (χ2v) is 7.08. The SMILES string of the molecule is CC(=O)Nc1cc(NC(C)=O)cc(C(=O)OC(C)c2nnc(-c3cccs3)o2)c1. The van der Waals surface area contributed by atoms with E-state index in [4.69, 9.17) is 9.15 Å². The predicted molar refractivity (Wildman–Crippen MR) is 106 cm³/mol. The average Bonchev–Trinajstić information content (AvgIpc) is 3.31. The van der Waals surface area contributed by atoms with Gasteiger partial charge >= 0.3 is 5.97 Å². The smallest absolute Gasteiger partial charge is 0.339 e. The highest BCUT2D eigenvalue weighted by molar-refractivity contribution is 7.13. The van der Waals surface area contributed by atoms with E-state index in [1.807, 2.05) is 17.5 Å². The number of thiophene rings is 1. The molecule has 9 nitrogen and oxygen atoms in total. The number of esters is 1. The Bertz CT molecular complexity index is 1010. The first-order valence-electron chi connectivity index (χ1n) is 8.60. The number of benzene rings is 1. The van der Waals surface area contributed by atoms with Crippen molar-refractivity contribution in [3.05, 3.63) is 47.2 Å². The minimum Gasteiger partial charge on any atom is -0.449 e. The highest BCUT2D eigenvalue weighted by Crippen LogP contribution is 2.27. The summed E-state index contributed by atoms with van der Waals surface area (Å²) in [6, 6.07) is 8.14. The highest BCUT2D eigenvalue weighted by Gasteiger charge is 2.21. The predicted octanol–water partition coefficient (Wildman–Crippen LogP) is 3.63. The molecule has 1 unspecified atom stereocenters. The van der Waals surface area contributed by atoms with E-state index in [-0.39, 0.29) is 23.3 Å². The van der Waals surface area contributed by atoms with E-state index in [1.54, 1.807) is 6.92 Å². The number of ether oxygens (including phenoxy) is 1. The number of aromatic nitrogens is 2. The summed E-state index contributed by atoms with van der Waals surface area (Å²) in [5.74, 6) is -0.804. The van der Waals surface area contributed by atoms with Crippen molar-refractivity contribution in [2.45, 2.75) is 26.9 Å². The van der Waals surface area contributed by atoms with Crippen LogP contribution in [0.4, 0.5) is 11.4 Å². The molecule has 29 heavy (non-hydrogen) atoms. The Hall–Kier alpha value is -3.53. The number of rotatable bonds is 6. The van der Waals surface area contributed by atoms with Gasteiger partial charge in [-0.05, 0) is 36.6 Å². The standard InChI is InChI=1S/C19H18N4O5S/c1-10(17-22-23-18(28-17)16-5-4-6-29-16)27-19(26)13-7-14(20-11(2)24)9-15(8-13)21-12(3)25/h4-10H,1-3H3,(H,20,24)(H,21,25). The van der Waals surface area contributed by atoms with Gasteiger partial charge in [-0.2, -0.15) is 0 Å². The third kappa shape index (κ3) is 5.26. The van der Waals surface area contributed by atoms with Crippen LogP contribution in [0.25, 0.3) is 10.8 Å². The molecule has 2 aromatic heterocycles. The Labute approximate surface area is 170 Å². The fourth-order valence-electron chi connectivity index (χ4n) is 2.47. The van der Waals surface area contributed by atoms with Gasteiger partial charge in [0.2, 0.25) is 11.8 Å². The Morgan fingerprint density at radius 1 is 1.07 bits per heavy atom. The summed E-state index contributed by atoms with van der Waals surface area (Å²) in [4.78, 5) is 36.1. The van der Waals surface area contributed by atoms with Gasteiger partial charge in [-0.3, -0.25) is 9.59 Å². The van der Waals surface area contributed by atoms with E-state index >= 15 is 0 Å². The number of carbonyl (C=O) groups is 3. The van der Waals surface area contributed by atoms with Crippen LogP contribution in [0.5, 0.6) is 0 Å². The molecule has 1 atom stereocenters. The zero-order chi connectivity index (χ0) is 21.0. The minimum atomic E-state index is -0.794. The molecule has 2 N–H and O–H groups in total. The molecule has 0 fully saturated rings. The van der Waals surface area contributed by atoms with Gasteiger partial charge in [-0.25, -0.2) is 4.79 Å². The molecule has 3 aromatic rings. The van der Waals surface area contributed by atoms with Crippen LogP contribution in [0, 0.1) is 0 Å². The van der Waals surface area contributed by atoms with Gasteiger partial charge in [0, 0.05) is 25.2 Å². The summed E-state index contributed by atoms with van der Waals surface area (Å²) in [6.07, 6.45) is -0.794. The van der Waals surface area contributed by atoms with Crippen LogP contribution < -0.4 is 10.6 Å². The van der Waals surface area contributed by atoms with E-state index in [2.05, 4.69) is 20.8 Å². The molecule has 0 saturated heterocycles. The topological polar surface area (TPSA) is 123 Å². The van der Waals surface area contributed by atoms with Gasteiger partial charge in [-0.15, -0.1) is 21.5 Å². The third-order valence-corrected chi connectivity index (χ3v) is 4.47. The molecular weight excluding hydrogens is 396 g/mol.